The highest BCUT2D eigenvalue weighted by Crippen LogP contribution is 2.43. The Balaban J connectivity index is 1.64. The summed E-state index contributed by atoms with van der Waals surface area (Å²) in [5, 5.41) is 0.877. The smallest absolute Gasteiger partial charge is 0.120 e. The molecule has 1 heterocycles. The lowest BCUT2D eigenvalue weighted by Gasteiger charge is -2.46. The molecule has 1 aromatic rings. The van der Waals surface area contributed by atoms with E-state index < -0.39 is 0 Å². The third kappa shape index (κ3) is 2.57. The molecule has 18 heavy (non-hydrogen) atoms. The van der Waals surface area contributed by atoms with Gasteiger partial charge in [-0.05, 0) is 37.0 Å². The van der Waals surface area contributed by atoms with Gasteiger partial charge in [0.2, 0.25) is 0 Å². The minimum absolute atomic E-state index is 0.163. The molecule has 2 aliphatic rings. The Hall–Kier alpha value is -0.540. The second-order valence-electron chi connectivity index (χ2n) is 5.40. The topological polar surface area (TPSA) is 18.5 Å². The molecule has 1 aliphatic carbocycles. The standard InChI is InChI=1S/C15H19BrO2/c16-11-12-3-1-4-13(9-12)18-14-5-8-17-15(10-14)6-2-7-15/h1,3-4,9,14H,2,5-8,10-11H2. The molecule has 3 rings (SSSR count). The van der Waals surface area contributed by atoms with E-state index in [1.807, 2.05) is 0 Å². The molecular weight excluding hydrogens is 292 g/mol. The summed E-state index contributed by atoms with van der Waals surface area (Å²) in [6.07, 6.45) is 6.14. The zero-order valence-electron chi connectivity index (χ0n) is 10.5. The van der Waals surface area contributed by atoms with E-state index in [2.05, 4.69) is 40.2 Å². The SMILES string of the molecule is BrCc1cccc(OC2CCOC3(CCC3)C2)c1. The largest absolute Gasteiger partial charge is 0.490 e. The van der Waals surface area contributed by atoms with Gasteiger partial charge in [0.15, 0.2) is 0 Å². The molecule has 1 unspecified atom stereocenters. The van der Waals surface area contributed by atoms with Crippen molar-refractivity contribution in [3.63, 3.8) is 0 Å². The van der Waals surface area contributed by atoms with Gasteiger partial charge < -0.3 is 9.47 Å². The van der Waals surface area contributed by atoms with Gasteiger partial charge in [-0.1, -0.05) is 28.1 Å². The maximum Gasteiger partial charge on any atom is 0.120 e. The molecule has 1 atom stereocenters. The fourth-order valence-corrected chi connectivity index (χ4v) is 3.25. The molecule has 1 saturated heterocycles. The predicted octanol–water partition coefficient (Wildman–Crippen LogP) is 4.06. The fourth-order valence-electron chi connectivity index (χ4n) is 2.90. The van der Waals surface area contributed by atoms with Crippen LogP contribution in [0.4, 0.5) is 0 Å². The Morgan fingerprint density at radius 2 is 2.28 bits per heavy atom. The minimum atomic E-state index is 0.163. The summed E-state index contributed by atoms with van der Waals surface area (Å²) in [7, 11) is 0. The molecule has 1 saturated carbocycles. The van der Waals surface area contributed by atoms with Crippen LogP contribution in [-0.2, 0) is 10.1 Å². The van der Waals surface area contributed by atoms with Crippen LogP contribution in [0.25, 0.3) is 0 Å². The highest BCUT2D eigenvalue weighted by atomic mass is 79.9. The van der Waals surface area contributed by atoms with E-state index >= 15 is 0 Å². The highest BCUT2D eigenvalue weighted by Gasteiger charge is 2.43. The highest BCUT2D eigenvalue weighted by molar-refractivity contribution is 9.08. The molecule has 0 N–H and O–H groups in total. The van der Waals surface area contributed by atoms with Crippen LogP contribution in [0.1, 0.15) is 37.7 Å². The molecule has 2 fully saturated rings. The number of ether oxygens (including phenoxy) is 2. The Labute approximate surface area is 117 Å². The van der Waals surface area contributed by atoms with Crippen molar-refractivity contribution in [1.29, 1.82) is 0 Å². The van der Waals surface area contributed by atoms with Crippen LogP contribution in [0.15, 0.2) is 24.3 Å². The summed E-state index contributed by atoms with van der Waals surface area (Å²) in [4.78, 5) is 0. The molecule has 0 aromatic heterocycles. The second kappa shape index (κ2) is 5.22. The van der Waals surface area contributed by atoms with E-state index in [0.717, 1.165) is 30.5 Å². The minimum Gasteiger partial charge on any atom is -0.490 e. The summed E-state index contributed by atoms with van der Waals surface area (Å²) in [5.41, 5.74) is 1.42. The van der Waals surface area contributed by atoms with Crippen molar-refractivity contribution in [2.24, 2.45) is 0 Å². The van der Waals surface area contributed by atoms with Crippen LogP contribution in [0, 0.1) is 0 Å². The van der Waals surface area contributed by atoms with E-state index in [-0.39, 0.29) is 5.60 Å². The quantitative estimate of drug-likeness (QED) is 0.784. The zero-order valence-corrected chi connectivity index (χ0v) is 12.1. The molecule has 1 spiro atoms. The van der Waals surface area contributed by atoms with Crippen molar-refractivity contribution in [3.8, 4) is 5.75 Å². The van der Waals surface area contributed by atoms with Crippen molar-refractivity contribution in [2.45, 2.75) is 49.1 Å². The van der Waals surface area contributed by atoms with Crippen LogP contribution >= 0.6 is 15.9 Å². The van der Waals surface area contributed by atoms with E-state index in [0.29, 0.717) is 6.10 Å². The summed E-state index contributed by atoms with van der Waals surface area (Å²) in [6, 6.07) is 8.34. The van der Waals surface area contributed by atoms with Crippen LogP contribution in [-0.4, -0.2) is 18.3 Å². The van der Waals surface area contributed by atoms with E-state index in [9.17, 15) is 0 Å². The molecule has 98 valence electrons. The van der Waals surface area contributed by atoms with Gasteiger partial charge in [-0.2, -0.15) is 0 Å². The Morgan fingerprint density at radius 3 is 3.00 bits per heavy atom. The number of rotatable bonds is 3. The van der Waals surface area contributed by atoms with Crippen LogP contribution in [0.2, 0.25) is 0 Å². The third-order valence-electron chi connectivity index (χ3n) is 4.07. The Morgan fingerprint density at radius 1 is 1.39 bits per heavy atom. The van der Waals surface area contributed by atoms with Crippen molar-refractivity contribution < 1.29 is 9.47 Å². The van der Waals surface area contributed by atoms with Gasteiger partial charge in [-0.25, -0.2) is 0 Å². The number of halogens is 1. The first kappa shape index (κ1) is 12.5. The first-order valence-corrected chi connectivity index (χ1v) is 7.87. The van der Waals surface area contributed by atoms with Gasteiger partial charge >= 0.3 is 0 Å². The molecule has 0 amide bonds. The van der Waals surface area contributed by atoms with Crippen LogP contribution in [0.5, 0.6) is 5.75 Å². The second-order valence-corrected chi connectivity index (χ2v) is 5.96. The Kier molecular flexibility index (Phi) is 3.62. The maximum absolute atomic E-state index is 6.13. The first-order chi connectivity index (χ1) is 8.80. The maximum atomic E-state index is 6.13. The van der Waals surface area contributed by atoms with Gasteiger partial charge in [0.05, 0.1) is 12.2 Å². The monoisotopic (exact) mass is 310 g/mol. The molecule has 3 heteroatoms. The van der Waals surface area contributed by atoms with Gasteiger partial charge in [0.1, 0.15) is 11.9 Å². The Bertz CT molecular complexity index is 415. The lowest BCUT2D eigenvalue weighted by Crippen LogP contribution is -2.48. The normalized spacial score (nSPS) is 25.7. The fraction of sp³-hybridized carbons (Fsp3) is 0.600. The van der Waals surface area contributed by atoms with Crippen molar-refractivity contribution in [1.82, 2.24) is 0 Å². The van der Waals surface area contributed by atoms with Crippen molar-refractivity contribution in [3.05, 3.63) is 29.8 Å². The van der Waals surface area contributed by atoms with Gasteiger partial charge in [0.25, 0.3) is 0 Å². The van der Waals surface area contributed by atoms with E-state index in [1.165, 1.54) is 24.8 Å². The summed E-state index contributed by atoms with van der Waals surface area (Å²) in [6.45, 7) is 0.850. The van der Waals surface area contributed by atoms with Crippen LogP contribution < -0.4 is 4.74 Å². The number of hydrogen-bond acceptors (Lipinski definition) is 2. The summed E-state index contributed by atoms with van der Waals surface area (Å²) in [5.74, 6) is 0.994. The molecule has 2 nitrogen and oxygen atoms in total. The lowest BCUT2D eigenvalue weighted by atomic mass is 9.74. The number of hydrogen-bond donors (Lipinski definition) is 0. The van der Waals surface area contributed by atoms with Crippen molar-refractivity contribution in [2.75, 3.05) is 6.61 Å². The average Bonchev–Trinajstić information content (AvgIpc) is 2.37. The lowest BCUT2D eigenvalue weighted by molar-refractivity contribution is -0.153. The van der Waals surface area contributed by atoms with E-state index in [4.69, 9.17) is 9.47 Å². The van der Waals surface area contributed by atoms with Gasteiger partial charge in [-0.3, -0.25) is 0 Å². The molecule has 1 aliphatic heterocycles. The summed E-state index contributed by atoms with van der Waals surface area (Å²) >= 11 is 3.48. The predicted molar refractivity (Wildman–Crippen MR) is 75.3 cm³/mol. The van der Waals surface area contributed by atoms with Gasteiger partial charge in [0, 0.05) is 18.2 Å². The third-order valence-corrected chi connectivity index (χ3v) is 4.72. The number of alkyl halides is 1. The molecule has 1 aromatic carbocycles. The van der Waals surface area contributed by atoms with Crippen molar-refractivity contribution >= 4 is 15.9 Å². The molecule has 0 radical (unpaired) electrons. The van der Waals surface area contributed by atoms with Crippen LogP contribution in [0.3, 0.4) is 0 Å². The van der Waals surface area contributed by atoms with Gasteiger partial charge in [-0.15, -0.1) is 0 Å². The summed E-state index contributed by atoms with van der Waals surface area (Å²) < 4.78 is 12.1. The molecule has 0 bridgehead atoms. The zero-order chi connectivity index (χ0) is 12.4. The first-order valence-electron chi connectivity index (χ1n) is 6.75. The van der Waals surface area contributed by atoms with E-state index in [1.54, 1.807) is 0 Å². The number of benzene rings is 1. The molecular formula is C15H19BrO2. The average molecular weight is 311 g/mol.